The van der Waals surface area contributed by atoms with Gasteiger partial charge in [-0.05, 0) is 12.1 Å². The second kappa shape index (κ2) is 5.82. The number of hydrogen-bond donors (Lipinski definition) is 2. The van der Waals surface area contributed by atoms with Crippen molar-refractivity contribution in [1.82, 2.24) is 15.5 Å². The van der Waals surface area contributed by atoms with E-state index in [1.54, 1.807) is 18.3 Å². The fourth-order valence-corrected chi connectivity index (χ4v) is 0.871. The Morgan fingerprint density at radius 3 is 3.14 bits per heavy atom. The average Bonchev–Trinajstić information content (AvgIpc) is 2.18. The number of aliphatic carboxylic acids is 1. The fraction of sp³-hybridized carbons (Fsp3) is 0.222. The summed E-state index contributed by atoms with van der Waals surface area (Å²) in [5.74, 6) is -0.939. The molecule has 14 heavy (non-hydrogen) atoms. The van der Waals surface area contributed by atoms with Gasteiger partial charge in [0.2, 0.25) is 0 Å². The number of carboxylic acids is 1. The van der Waals surface area contributed by atoms with Crippen molar-refractivity contribution in [3.63, 3.8) is 0 Å². The lowest BCUT2D eigenvalue weighted by atomic mass is 10.4. The van der Waals surface area contributed by atoms with E-state index in [-0.39, 0.29) is 0 Å². The minimum atomic E-state index is -0.939. The van der Waals surface area contributed by atoms with Crippen LogP contribution in [0.15, 0.2) is 30.5 Å². The molecule has 0 saturated heterocycles. The van der Waals surface area contributed by atoms with Crippen molar-refractivity contribution in [3.05, 3.63) is 36.2 Å². The number of rotatable bonds is 5. The van der Waals surface area contributed by atoms with E-state index in [1.165, 1.54) is 0 Å². The molecule has 0 fully saturated rings. The first-order chi connectivity index (χ1) is 6.79. The van der Waals surface area contributed by atoms with Gasteiger partial charge < -0.3 is 10.4 Å². The van der Waals surface area contributed by atoms with Crippen molar-refractivity contribution in [2.24, 2.45) is 0 Å². The van der Waals surface area contributed by atoms with Gasteiger partial charge >= 0.3 is 5.97 Å². The fourth-order valence-electron chi connectivity index (χ4n) is 0.871. The quantitative estimate of drug-likeness (QED) is 0.516. The van der Waals surface area contributed by atoms with Gasteiger partial charge in [-0.2, -0.15) is 10.2 Å². The summed E-state index contributed by atoms with van der Waals surface area (Å²) < 4.78 is 0. The lowest BCUT2D eigenvalue weighted by Crippen LogP contribution is -2.14. The summed E-state index contributed by atoms with van der Waals surface area (Å²) in [6.45, 7) is 1.08. The van der Waals surface area contributed by atoms with E-state index in [0.717, 1.165) is 11.8 Å². The Kier molecular flexibility index (Phi) is 4.30. The number of aromatic nitrogens is 2. The highest BCUT2D eigenvalue weighted by Gasteiger charge is 1.91. The molecule has 0 aliphatic carbocycles. The first-order valence-electron chi connectivity index (χ1n) is 4.16. The van der Waals surface area contributed by atoms with Crippen molar-refractivity contribution in [1.29, 1.82) is 0 Å². The highest BCUT2D eigenvalue weighted by atomic mass is 16.4. The lowest BCUT2D eigenvalue weighted by Gasteiger charge is -1.98. The summed E-state index contributed by atoms with van der Waals surface area (Å²) in [6, 6.07) is 3.65. The summed E-state index contributed by atoms with van der Waals surface area (Å²) in [4.78, 5) is 10.1. The molecule has 74 valence electrons. The van der Waals surface area contributed by atoms with Crippen LogP contribution >= 0.6 is 0 Å². The first kappa shape index (κ1) is 10.3. The smallest absolute Gasteiger partial charge is 0.328 e. The van der Waals surface area contributed by atoms with Crippen LogP contribution in [0.2, 0.25) is 0 Å². The van der Waals surface area contributed by atoms with Gasteiger partial charge in [-0.3, -0.25) is 0 Å². The van der Waals surface area contributed by atoms with E-state index in [2.05, 4.69) is 15.5 Å². The minimum Gasteiger partial charge on any atom is -0.478 e. The minimum absolute atomic E-state index is 0.503. The largest absolute Gasteiger partial charge is 0.478 e. The van der Waals surface area contributed by atoms with Crippen LogP contribution in [0.1, 0.15) is 5.69 Å². The standard InChI is InChI=1S/C9H11N3O2/c13-9(14)4-2-5-10-7-8-3-1-6-11-12-8/h1-4,6,10H,5,7H2,(H,13,14)/b4-2+. The van der Waals surface area contributed by atoms with Gasteiger partial charge in [-0.25, -0.2) is 4.79 Å². The summed E-state index contributed by atoms with van der Waals surface area (Å²) in [5.41, 5.74) is 0.830. The van der Waals surface area contributed by atoms with Crippen molar-refractivity contribution >= 4 is 5.97 Å². The Hall–Kier alpha value is -1.75. The van der Waals surface area contributed by atoms with Crippen LogP contribution in [-0.4, -0.2) is 27.8 Å². The summed E-state index contributed by atoms with van der Waals surface area (Å²) in [7, 11) is 0. The average molecular weight is 193 g/mol. The predicted molar refractivity (Wildman–Crippen MR) is 50.5 cm³/mol. The molecule has 0 bridgehead atoms. The molecule has 1 rings (SSSR count). The molecule has 5 heteroatoms. The van der Waals surface area contributed by atoms with E-state index in [4.69, 9.17) is 5.11 Å². The maximum absolute atomic E-state index is 10.1. The van der Waals surface area contributed by atoms with Crippen molar-refractivity contribution < 1.29 is 9.90 Å². The van der Waals surface area contributed by atoms with Gasteiger partial charge in [-0.1, -0.05) is 6.08 Å². The Morgan fingerprint density at radius 2 is 2.50 bits per heavy atom. The van der Waals surface area contributed by atoms with Gasteiger partial charge in [-0.15, -0.1) is 0 Å². The maximum Gasteiger partial charge on any atom is 0.328 e. The van der Waals surface area contributed by atoms with Gasteiger partial charge in [0.25, 0.3) is 0 Å². The van der Waals surface area contributed by atoms with Crippen LogP contribution in [0.4, 0.5) is 0 Å². The Morgan fingerprint density at radius 1 is 1.64 bits per heavy atom. The van der Waals surface area contributed by atoms with E-state index in [1.807, 2.05) is 6.07 Å². The Bertz CT molecular complexity index is 311. The predicted octanol–water partition coefficient (Wildman–Crippen LogP) is 0.207. The molecule has 0 amide bonds. The third kappa shape index (κ3) is 4.32. The molecule has 0 radical (unpaired) electrons. The second-order valence-corrected chi connectivity index (χ2v) is 2.59. The molecular formula is C9H11N3O2. The van der Waals surface area contributed by atoms with Crippen LogP contribution in [0, 0.1) is 0 Å². The third-order valence-corrected chi connectivity index (χ3v) is 1.46. The first-order valence-corrected chi connectivity index (χ1v) is 4.16. The zero-order valence-electron chi connectivity index (χ0n) is 7.55. The Labute approximate surface area is 81.5 Å². The van der Waals surface area contributed by atoms with Crippen LogP contribution in [0.5, 0.6) is 0 Å². The third-order valence-electron chi connectivity index (χ3n) is 1.46. The van der Waals surface area contributed by atoms with Crippen LogP contribution in [-0.2, 0) is 11.3 Å². The number of hydrogen-bond acceptors (Lipinski definition) is 4. The van der Waals surface area contributed by atoms with E-state index >= 15 is 0 Å². The van der Waals surface area contributed by atoms with Crippen LogP contribution in [0.25, 0.3) is 0 Å². The van der Waals surface area contributed by atoms with E-state index < -0.39 is 5.97 Å². The molecule has 0 aromatic carbocycles. The molecule has 1 aromatic rings. The van der Waals surface area contributed by atoms with Crippen LogP contribution in [0.3, 0.4) is 0 Å². The molecule has 5 nitrogen and oxygen atoms in total. The topological polar surface area (TPSA) is 75.1 Å². The van der Waals surface area contributed by atoms with Gasteiger partial charge in [0.05, 0.1) is 5.69 Å². The van der Waals surface area contributed by atoms with Crippen LogP contribution < -0.4 is 5.32 Å². The zero-order chi connectivity index (χ0) is 10.2. The molecule has 0 unspecified atom stereocenters. The molecule has 0 aliphatic rings. The van der Waals surface area contributed by atoms with E-state index in [0.29, 0.717) is 13.1 Å². The van der Waals surface area contributed by atoms with Gasteiger partial charge in [0.1, 0.15) is 0 Å². The highest BCUT2D eigenvalue weighted by Crippen LogP contribution is 1.88. The van der Waals surface area contributed by atoms with Gasteiger partial charge in [0, 0.05) is 25.4 Å². The second-order valence-electron chi connectivity index (χ2n) is 2.59. The monoisotopic (exact) mass is 193 g/mol. The molecule has 1 aromatic heterocycles. The Balaban J connectivity index is 2.19. The molecule has 0 aliphatic heterocycles. The molecule has 0 atom stereocenters. The molecule has 1 heterocycles. The lowest BCUT2D eigenvalue weighted by molar-refractivity contribution is -0.131. The van der Waals surface area contributed by atoms with E-state index in [9.17, 15) is 4.79 Å². The van der Waals surface area contributed by atoms with Crippen molar-refractivity contribution in [3.8, 4) is 0 Å². The molecule has 0 spiro atoms. The normalized spacial score (nSPS) is 10.6. The highest BCUT2D eigenvalue weighted by molar-refractivity contribution is 5.79. The number of carbonyl (C=O) groups is 1. The number of nitrogens with zero attached hydrogens (tertiary/aromatic N) is 2. The SMILES string of the molecule is O=C(O)/C=C/CNCc1cccnn1. The van der Waals surface area contributed by atoms with Crippen molar-refractivity contribution in [2.45, 2.75) is 6.54 Å². The number of carboxylic acid groups (broad SMARTS) is 1. The maximum atomic E-state index is 10.1. The summed E-state index contributed by atoms with van der Waals surface area (Å²) in [6.07, 6.45) is 4.25. The van der Waals surface area contributed by atoms with Gasteiger partial charge in [0.15, 0.2) is 0 Å². The number of nitrogens with one attached hydrogen (secondary N) is 1. The summed E-state index contributed by atoms with van der Waals surface area (Å²) in [5, 5.41) is 18.9. The molecular weight excluding hydrogens is 182 g/mol. The molecule has 2 N–H and O–H groups in total. The summed E-state index contributed by atoms with van der Waals surface area (Å²) >= 11 is 0. The molecule has 0 saturated carbocycles. The zero-order valence-corrected chi connectivity index (χ0v) is 7.55. The van der Waals surface area contributed by atoms with Crippen molar-refractivity contribution in [2.75, 3.05) is 6.54 Å².